The van der Waals surface area contributed by atoms with Gasteiger partial charge in [-0.05, 0) is 24.8 Å². The minimum absolute atomic E-state index is 0.154. The molecule has 1 rings (SSSR count). The van der Waals surface area contributed by atoms with Crippen molar-refractivity contribution in [2.45, 2.75) is 53.6 Å². The minimum Gasteiger partial charge on any atom is -0.458 e. The molecule has 1 aromatic heterocycles. The third kappa shape index (κ3) is 3.51. The van der Waals surface area contributed by atoms with E-state index in [1.54, 1.807) is 0 Å². The van der Waals surface area contributed by atoms with Gasteiger partial charge in [-0.2, -0.15) is 0 Å². The van der Waals surface area contributed by atoms with Crippen LogP contribution in [-0.4, -0.2) is 15.9 Å². The summed E-state index contributed by atoms with van der Waals surface area (Å²) >= 11 is 0. The fraction of sp³-hybridized carbons (Fsp3) is 0.615. The van der Waals surface area contributed by atoms with Gasteiger partial charge in [0, 0.05) is 18.3 Å². The van der Waals surface area contributed by atoms with Crippen LogP contribution >= 0.6 is 0 Å². The summed E-state index contributed by atoms with van der Waals surface area (Å²) in [6.45, 7) is 9.86. The molecule has 0 N–H and O–H groups in total. The fourth-order valence-electron chi connectivity index (χ4n) is 1.95. The number of carbonyl (C=O) groups excluding carboxylic acids is 1. The Balaban J connectivity index is 3.04. The summed E-state index contributed by atoms with van der Waals surface area (Å²) in [5.74, 6) is 0.684. The number of ether oxygens (including phenoxy) is 1. The van der Waals surface area contributed by atoms with Gasteiger partial charge in [-0.3, -0.25) is 4.79 Å². The summed E-state index contributed by atoms with van der Waals surface area (Å²) in [5.41, 5.74) is 3.24. The van der Waals surface area contributed by atoms with E-state index in [1.165, 1.54) is 12.5 Å². The lowest BCUT2D eigenvalue weighted by atomic mass is 9.98. The van der Waals surface area contributed by atoms with Crippen LogP contribution in [0.15, 0.2) is 0 Å². The summed E-state index contributed by atoms with van der Waals surface area (Å²) < 4.78 is 4.92. The number of hydrogen-bond acceptors (Lipinski definition) is 4. The maximum Gasteiger partial charge on any atom is 0.303 e. The van der Waals surface area contributed by atoms with Crippen molar-refractivity contribution in [3.63, 3.8) is 0 Å². The molecule has 0 aliphatic heterocycles. The van der Waals surface area contributed by atoms with E-state index >= 15 is 0 Å². The Hall–Kier alpha value is -1.45. The van der Waals surface area contributed by atoms with Crippen molar-refractivity contribution in [2.75, 3.05) is 0 Å². The van der Waals surface area contributed by atoms with Crippen LogP contribution in [0.1, 0.15) is 56.4 Å². The highest BCUT2D eigenvalue weighted by Crippen LogP contribution is 2.21. The van der Waals surface area contributed by atoms with Gasteiger partial charge in [-0.25, -0.2) is 9.97 Å². The molecule has 0 atom stereocenters. The standard InChI is InChI=1S/C13H20N2O2/c1-6-11-13(8(2)3)9(4)14-12(15-11)7-17-10(5)16/h8H,6-7H2,1-5H3. The van der Waals surface area contributed by atoms with Gasteiger partial charge in [0.25, 0.3) is 0 Å². The quantitative estimate of drug-likeness (QED) is 0.754. The summed E-state index contributed by atoms with van der Waals surface area (Å²) in [5, 5.41) is 0. The summed E-state index contributed by atoms with van der Waals surface area (Å²) in [6, 6.07) is 0. The predicted octanol–water partition coefficient (Wildman–Crippen LogP) is 2.53. The molecule has 4 nitrogen and oxygen atoms in total. The van der Waals surface area contributed by atoms with Gasteiger partial charge in [0.1, 0.15) is 0 Å². The first-order chi connectivity index (χ1) is 7.95. The molecule has 4 heteroatoms. The first-order valence-electron chi connectivity index (χ1n) is 5.95. The van der Waals surface area contributed by atoms with Crippen LogP contribution in [0.4, 0.5) is 0 Å². The SMILES string of the molecule is CCc1nc(COC(C)=O)nc(C)c1C(C)C. The summed E-state index contributed by atoms with van der Waals surface area (Å²) in [7, 11) is 0. The molecule has 0 aromatic carbocycles. The van der Waals surface area contributed by atoms with Crippen molar-refractivity contribution in [1.82, 2.24) is 9.97 Å². The maximum absolute atomic E-state index is 10.8. The van der Waals surface area contributed by atoms with E-state index in [0.717, 1.165) is 17.8 Å². The van der Waals surface area contributed by atoms with Gasteiger partial charge >= 0.3 is 5.97 Å². The zero-order valence-electron chi connectivity index (χ0n) is 11.2. The Morgan fingerprint density at radius 3 is 2.47 bits per heavy atom. The number of rotatable bonds is 4. The van der Waals surface area contributed by atoms with E-state index < -0.39 is 0 Å². The number of hydrogen-bond donors (Lipinski definition) is 0. The molecule has 0 aliphatic rings. The van der Waals surface area contributed by atoms with Crippen LogP contribution in [0.5, 0.6) is 0 Å². The normalized spacial score (nSPS) is 10.7. The second-order valence-electron chi connectivity index (χ2n) is 4.37. The lowest BCUT2D eigenvalue weighted by Crippen LogP contribution is -2.10. The molecule has 17 heavy (non-hydrogen) atoms. The van der Waals surface area contributed by atoms with Crippen LogP contribution in [0.2, 0.25) is 0 Å². The second kappa shape index (κ2) is 5.75. The molecule has 0 fully saturated rings. The molecular weight excluding hydrogens is 216 g/mol. The number of aromatic nitrogens is 2. The first kappa shape index (κ1) is 13.6. The first-order valence-corrected chi connectivity index (χ1v) is 5.95. The van der Waals surface area contributed by atoms with Crippen LogP contribution in [0.3, 0.4) is 0 Å². The highest BCUT2D eigenvalue weighted by atomic mass is 16.5. The smallest absolute Gasteiger partial charge is 0.303 e. The monoisotopic (exact) mass is 236 g/mol. The van der Waals surface area contributed by atoms with Crippen LogP contribution < -0.4 is 0 Å². The van der Waals surface area contributed by atoms with Crippen molar-refractivity contribution in [3.8, 4) is 0 Å². The average Bonchev–Trinajstić information content (AvgIpc) is 2.24. The number of nitrogens with zero attached hydrogens (tertiary/aromatic N) is 2. The van der Waals surface area contributed by atoms with E-state index in [9.17, 15) is 4.79 Å². The van der Waals surface area contributed by atoms with Gasteiger partial charge in [0.2, 0.25) is 0 Å². The molecule has 94 valence electrons. The number of aryl methyl sites for hydroxylation is 2. The van der Waals surface area contributed by atoms with Crippen LogP contribution in [-0.2, 0) is 22.6 Å². The number of esters is 1. The zero-order valence-corrected chi connectivity index (χ0v) is 11.2. The van der Waals surface area contributed by atoms with Crippen molar-refractivity contribution in [3.05, 3.63) is 22.8 Å². The largest absolute Gasteiger partial charge is 0.458 e. The molecule has 0 bridgehead atoms. The average molecular weight is 236 g/mol. The van der Waals surface area contributed by atoms with E-state index in [-0.39, 0.29) is 12.6 Å². The Kier molecular flexibility index (Phi) is 4.61. The van der Waals surface area contributed by atoms with E-state index in [1.807, 2.05) is 6.92 Å². The molecule has 0 spiro atoms. The second-order valence-corrected chi connectivity index (χ2v) is 4.37. The Bertz CT molecular complexity index is 414. The highest BCUT2D eigenvalue weighted by Gasteiger charge is 2.13. The molecule has 0 saturated carbocycles. The van der Waals surface area contributed by atoms with Crippen molar-refractivity contribution in [2.24, 2.45) is 0 Å². The van der Waals surface area contributed by atoms with Gasteiger partial charge in [0.05, 0.1) is 0 Å². The molecule has 0 amide bonds. The fourth-order valence-corrected chi connectivity index (χ4v) is 1.95. The molecular formula is C13H20N2O2. The molecule has 1 aromatic rings. The highest BCUT2D eigenvalue weighted by molar-refractivity contribution is 5.65. The van der Waals surface area contributed by atoms with Gasteiger partial charge in [-0.15, -0.1) is 0 Å². The van der Waals surface area contributed by atoms with E-state index in [2.05, 4.69) is 30.7 Å². The molecule has 0 radical (unpaired) electrons. The van der Waals surface area contributed by atoms with Gasteiger partial charge in [0.15, 0.2) is 12.4 Å². The molecule has 0 aliphatic carbocycles. The summed E-state index contributed by atoms with van der Waals surface area (Å²) in [6.07, 6.45) is 0.865. The molecule has 1 heterocycles. The molecule has 0 saturated heterocycles. The van der Waals surface area contributed by atoms with Gasteiger partial charge in [-0.1, -0.05) is 20.8 Å². The predicted molar refractivity (Wildman–Crippen MR) is 65.7 cm³/mol. The lowest BCUT2D eigenvalue weighted by Gasteiger charge is -2.15. The molecule has 0 unspecified atom stereocenters. The number of carbonyl (C=O) groups is 1. The Morgan fingerprint density at radius 1 is 1.35 bits per heavy atom. The Labute approximate surface area is 102 Å². The van der Waals surface area contributed by atoms with Crippen LogP contribution in [0, 0.1) is 6.92 Å². The minimum atomic E-state index is -0.308. The topological polar surface area (TPSA) is 52.1 Å². The van der Waals surface area contributed by atoms with E-state index in [4.69, 9.17) is 4.74 Å². The lowest BCUT2D eigenvalue weighted by molar-refractivity contribution is -0.142. The van der Waals surface area contributed by atoms with Crippen molar-refractivity contribution >= 4 is 5.97 Å². The third-order valence-corrected chi connectivity index (χ3v) is 2.58. The maximum atomic E-state index is 10.8. The van der Waals surface area contributed by atoms with Gasteiger partial charge < -0.3 is 4.74 Å². The van der Waals surface area contributed by atoms with E-state index in [0.29, 0.717) is 11.7 Å². The van der Waals surface area contributed by atoms with Crippen LogP contribution in [0.25, 0.3) is 0 Å². The third-order valence-electron chi connectivity index (χ3n) is 2.58. The zero-order chi connectivity index (χ0) is 13.0. The van der Waals surface area contributed by atoms with Crippen molar-refractivity contribution < 1.29 is 9.53 Å². The summed E-state index contributed by atoms with van der Waals surface area (Å²) in [4.78, 5) is 19.6. The Morgan fingerprint density at radius 2 is 2.00 bits per heavy atom. The van der Waals surface area contributed by atoms with Crippen molar-refractivity contribution in [1.29, 1.82) is 0 Å².